The van der Waals surface area contributed by atoms with Gasteiger partial charge in [-0.15, -0.1) is 0 Å². The Bertz CT molecular complexity index is 962. The Labute approximate surface area is 192 Å². The summed E-state index contributed by atoms with van der Waals surface area (Å²) in [4.78, 5) is 22.8. The molecule has 2 N–H and O–H groups in total. The zero-order valence-electron chi connectivity index (χ0n) is 16.5. The van der Waals surface area contributed by atoms with Crippen LogP contribution in [-0.2, 0) is 4.79 Å². The molecule has 1 saturated carbocycles. The third-order valence-corrected chi connectivity index (χ3v) is 8.94. The number of hydrogen-bond acceptors (Lipinski definition) is 5. The molecule has 0 radical (unpaired) electrons. The van der Waals surface area contributed by atoms with Gasteiger partial charge in [-0.3, -0.25) is 0 Å². The normalized spacial score (nSPS) is 21.9. The summed E-state index contributed by atoms with van der Waals surface area (Å²) in [6, 6.07) is 2.12. The van der Waals surface area contributed by atoms with Crippen molar-refractivity contribution in [3.05, 3.63) is 42.7 Å². The van der Waals surface area contributed by atoms with Crippen LogP contribution < -0.4 is 31.8 Å². The van der Waals surface area contributed by atoms with E-state index in [4.69, 9.17) is 0 Å². The number of aromatic nitrogens is 2. The number of alkyl halides is 3. The molecular weight excluding hydrogens is 542 g/mol. The van der Waals surface area contributed by atoms with Gasteiger partial charge in [-0.05, 0) is 0 Å². The van der Waals surface area contributed by atoms with E-state index in [0.717, 1.165) is 30.6 Å². The monoisotopic (exact) mass is 564 g/mol. The molecule has 31 heavy (non-hydrogen) atoms. The molecule has 0 saturated heterocycles. The maximum absolute atomic E-state index is 13.1. The molecule has 3 heterocycles. The van der Waals surface area contributed by atoms with Crippen LogP contribution in [0.15, 0.2) is 39.2 Å². The van der Waals surface area contributed by atoms with E-state index < -0.39 is 33.8 Å². The zero-order chi connectivity index (χ0) is 21.8. The number of nitrogens with zero attached hydrogens (tertiary/aromatic N) is 3. The second-order valence-corrected chi connectivity index (χ2v) is 10.8. The summed E-state index contributed by atoms with van der Waals surface area (Å²) in [6.07, 6.45) is 3.15. The first-order chi connectivity index (χ1) is 14.9. The summed E-state index contributed by atoms with van der Waals surface area (Å²) in [7, 11) is 0. The van der Waals surface area contributed by atoms with Gasteiger partial charge in [-0.1, -0.05) is 0 Å². The van der Waals surface area contributed by atoms with Gasteiger partial charge in [0.05, 0.1) is 0 Å². The van der Waals surface area contributed by atoms with Gasteiger partial charge in [0.2, 0.25) is 0 Å². The molecule has 0 unspecified atom stereocenters. The van der Waals surface area contributed by atoms with E-state index in [2.05, 4.69) is 30.8 Å². The van der Waals surface area contributed by atoms with Gasteiger partial charge < -0.3 is 0 Å². The number of amides is 1. The van der Waals surface area contributed by atoms with Gasteiger partial charge >= 0.3 is 180 Å². The van der Waals surface area contributed by atoms with Crippen molar-refractivity contribution in [1.29, 1.82) is 0 Å². The van der Waals surface area contributed by atoms with Crippen molar-refractivity contribution in [2.75, 3.05) is 6.54 Å². The van der Waals surface area contributed by atoms with Crippen molar-refractivity contribution in [3.8, 4) is 0 Å². The van der Waals surface area contributed by atoms with E-state index in [1.807, 2.05) is 5.38 Å². The number of halogens is 4. The molecule has 0 atom stereocenters. The fourth-order valence-electron chi connectivity index (χ4n) is 3.62. The summed E-state index contributed by atoms with van der Waals surface area (Å²) in [6.45, 7) is -0.0599. The van der Waals surface area contributed by atoms with Crippen molar-refractivity contribution in [2.45, 2.75) is 50.4 Å². The number of rotatable bonds is 6. The molecule has 0 aromatic carbocycles. The van der Waals surface area contributed by atoms with Crippen LogP contribution >= 0.6 is 11.3 Å². The maximum atomic E-state index is 13.1. The van der Waals surface area contributed by atoms with Crippen molar-refractivity contribution in [1.82, 2.24) is 20.2 Å². The van der Waals surface area contributed by atoms with Gasteiger partial charge in [0.1, 0.15) is 0 Å². The summed E-state index contributed by atoms with van der Waals surface area (Å²) >= 11 is 1.10. The van der Waals surface area contributed by atoms with Crippen LogP contribution in [0.1, 0.15) is 37.0 Å². The Morgan fingerprint density at radius 2 is 2.03 bits per heavy atom. The van der Waals surface area contributed by atoms with Crippen LogP contribution in [-0.4, -0.2) is 46.0 Å². The summed E-state index contributed by atoms with van der Waals surface area (Å²) < 4.78 is 42.0. The van der Waals surface area contributed by atoms with Crippen LogP contribution in [0.5, 0.6) is 0 Å². The molecule has 6 nitrogen and oxygen atoms in total. The fraction of sp³-hybridized carbons (Fsp3) is 0.450. The number of fused-ring (bicyclic) bond motifs is 1. The van der Waals surface area contributed by atoms with Crippen LogP contribution in [0, 0.1) is 3.57 Å². The van der Waals surface area contributed by atoms with E-state index in [-0.39, 0.29) is 24.5 Å². The molecular formula is C20H22F3IN5OS-. The SMILES string of the molecule is O=C(NC1CCC(NCCC(F)(F)F)CC1)C1=NC(n2ccnc2)=C[I-]c2ccsc21. The Kier molecular flexibility index (Phi) is 7.12. The van der Waals surface area contributed by atoms with Gasteiger partial charge in [0, 0.05) is 0 Å². The molecule has 4 rings (SSSR count). The molecule has 11 heteroatoms. The Balaban J connectivity index is 1.37. The summed E-state index contributed by atoms with van der Waals surface area (Å²) in [5, 5.41) is 8.08. The number of imidazole rings is 1. The van der Waals surface area contributed by atoms with Crippen molar-refractivity contribution < 1.29 is 39.2 Å². The molecule has 1 aliphatic carbocycles. The molecule has 1 fully saturated rings. The first-order valence-corrected chi connectivity index (χ1v) is 13.2. The number of nitrogens with one attached hydrogen (secondary N) is 2. The van der Waals surface area contributed by atoms with E-state index in [1.54, 1.807) is 23.3 Å². The summed E-state index contributed by atoms with van der Waals surface area (Å²) in [5.41, 5.74) is 0.424. The number of carbonyl (C=O) groups is 1. The van der Waals surface area contributed by atoms with E-state index in [1.165, 1.54) is 14.9 Å². The third-order valence-electron chi connectivity index (χ3n) is 5.22. The predicted molar refractivity (Wildman–Crippen MR) is 109 cm³/mol. The Morgan fingerprint density at radius 1 is 1.26 bits per heavy atom. The first kappa shape index (κ1) is 22.5. The molecule has 1 aliphatic heterocycles. The number of aliphatic imine (C=N–C) groups is 1. The number of carbonyl (C=O) groups excluding carboxylic acids is 1. The molecule has 2 aromatic rings. The number of hydrogen-bond donors (Lipinski definition) is 2. The third kappa shape index (κ3) is 5.95. The average Bonchev–Trinajstić information content (AvgIpc) is 3.38. The van der Waals surface area contributed by atoms with Gasteiger partial charge in [0.25, 0.3) is 0 Å². The minimum absolute atomic E-state index is 0.00194. The minimum atomic E-state index is -4.13. The van der Waals surface area contributed by atoms with E-state index in [9.17, 15) is 18.0 Å². The van der Waals surface area contributed by atoms with Crippen LogP contribution in [0.4, 0.5) is 13.2 Å². The Morgan fingerprint density at radius 3 is 2.74 bits per heavy atom. The van der Waals surface area contributed by atoms with Gasteiger partial charge in [-0.2, -0.15) is 13.2 Å². The first-order valence-electron chi connectivity index (χ1n) is 9.98. The van der Waals surface area contributed by atoms with Crippen LogP contribution in [0.3, 0.4) is 0 Å². The van der Waals surface area contributed by atoms with Gasteiger partial charge in [-0.25, -0.2) is 0 Å². The molecule has 0 bridgehead atoms. The quantitative estimate of drug-likeness (QED) is 0.501. The van der Waals surface area contributed by atoms with Crippen molar-refractivity contribution in [2.24, 2.45) is 4.99 Å². The Hall–Kier alpha value is -1.73. The molecule has 2 aromatic heterocycles. The number of thiophene rings is 1. The fourth-order valence-corrected chi connectivity index (χ4v) is 7.32. The standard InChI is InChI=1S/C20H22F3IN5OS/c21-20(22,23)6-7-26-13-1-3-14(4-2-13)27-19(30)17-18-15(5-10-31-18)24-11-16(28-17)29-9-8-25-12-29/h5,8-14,26H,1-4,6-7H2,(H,27,30)/q-1. The zero-order valence-corrected chi connectivity index (χ0v) is 19.5. The van der Waals surface area contributed by atoms with Crippen LogP contribution in [0.2, 0.25) is 0 Å². The van der Waals surface area contributed by atoms with E-state index in [0.29, 0.717) is 11.5 Å². The predicted octanol–water partition coefficient (Wildman–Crippen LogP) is 0.431. The average molecular weight is 564 g/mol. The van der Waals surface area contributed by atoms with Crippen molar-refractivity contribution >= 4 is 28.8 Å². The summed E-state index contributed by atoms with van der Waals surface area (Å²) in [5.74, 6) is 0.505. The van der Waals surface area contributed by atoms with E-state index >= 15 is 0 Å². The van der Waals surface area contributed by atoms with Crippen LogP contribution in [0.25, 0.3) is 5.82 Å². The molecule has 0 spiro atoms. The molecule has 168 valence electrons. The molecule has 2 aliphatic rings. The topological polar surface area (TPSA) is 71.3 Å². The van der Waals surface area contributed by atoms with Gasteiger partial charge in [0.15, 0.2) is 0 Å². The second-order valence-electron chi connectivity index (χ2n) is 7.45. The van der Waals surface area contributed by atoms with Crippen molar-refractivity contribution in [3.63, 3.8) is 0 Å². The molecule has 1 amide bonds. The second kappa shape index (κ2) is 9.82.